The Labute approximate surface area is 221 Å². The fraction of sp³-hybridized carbons (Fsp3) is 0.280. The van der Waals surface area contributed by atoms with E-state index in [1.165, 1.54) is 43.8 Å². The molecule has 36 heavy (non-hydrogen) atoms. The first-order valence-electron chi connectivity index (χ1n) is 11.6. The fourth-order valence-corrected chi connectivity index (χ4v) is 4.66. The lowest BCUT2D eigenvalue weighted by Crippen LogP contribution is -2.38. The van der Waals surface area contributed by atoms with E-state index in [-0.39, 0.29) is 17.3 Å². The van der Waals surface area contributed by atoms with Gasteiger partial charge in [-0.15, -0.1) is 0 Å². The van der Waals surface area contributed by atoms with Crippen LogP contribution in [0.3, 0.4) is 0 Å². The van der Waals surface area contributed by atoms with E-state index in [9.17, 15) is 18.8 Å². The number of piperidine rings is 1. The Kier molecular flexibility index (Phi) is 8.65. The van der Waals surface area contributed by atoms with Gasteiger partial charge in [-0.2, -0.15) is 0 Å². The number of imidazole rings is 1. The number of carbonyl (C=O) groups excluding carboxylic acids is 3. The largest absolute Gasteiger partial charge is 0.349 e. The molecule has 3 amide bonds. The van der Waals surface area contributed by atoms with Crippen LogP contribution < -0.4 is 16.0 Å². The topological polar surface area (TPSA) is 119 Å². The number of anilines is 2. The number of nitrogens with one attached hydrogen (secondary N) is 4. The van der Waals surface area contributed by atoms with Gasteiger partial charge in [-0.05, 0) is 91.0 Å². The Balaban J connectivity index is 1.31. The van der Waals surface area contributed by atoms with Crippen LogP contribution in [0.15, 0.2) is 48.8 Å². The molecule has 1 fully saturated rings. The molecule has 0 aliphatic carbocycles. The zero-order valence-corrected chi connectivity index (χ0v) is 21.6. The van der Waals surface area contributed by atoms with Crippen molar-refractivity contribution in [3.05, 3.63) is 75.1 Å². The zero-order valence-electron chi connectivity index (χ0n) is 19.4. The van der Waals surface area contributed by atoms with Crippen LogP contribution in [0.2, 0.25) is 0 Å². The minimum atomic E-state index is -0.508. The standard InChI is InChI=1S/C25H26FIN6O3/c26-16-4-9-19(20(27)14-16)23(34)31-17-5-7-18(8-6-17)32-25(36)22-21(29-15-30-22)24(35)28-10-13-33-11-2-1-3-12-33/h4-9,14-15H,1-3,10-13H2,(H,28,35)(H,29,30)(H,31,34)(H,32,36). The minimum Gasteiger partial charge on any atom is -0.349 e. The molecule has 1 aliphatic heterocycles. The first kappa shape index (κ1) is 25.8. The summed E-state index contributed by atoms with van der Waals surface area (Å²) in [6.07, 6.45) is 4.92. The second-order valence-corrected chi connectivity index (χ2v) is 9.56. The SMILES string of the molecule is O=C(Nc1ccc(NC(=O)c2[nH]cnc2C(=O)NCCN2CCCCC2)cc1)c1ccc(F)cc1I. The molecule has 2 aromatic carbocycles. The average Bonchev–Trinajstić information content (AvgIpc) is 3.36. The van der Waals surface area contributed by atoms with Gasteiger partial charge in [0, 0.05) is 28.0 Å². The molecule has 0 atom stereocenters. The van der Waals surface area contributed by atoms with Gasteiger partial charge in [0.2, 0.25) is 0 Å². The molecule has 0 unspecified atom stereocenters. The summed E-state index contributed by atoms with van der Waals surface area (Å²) in [5.74, 6) is -1.70. The number of halogens is 2. The van der Waals surface area contributed by atoms with E-state index in [4.69, 9.17) is 0 Å². The highest BCUT2D eigenvalue weighted by molar-refractivity contribution is 14.1. The van der Waals surface area contributed by atoms with E-state index < -0.39 is 17.6 Å². The van der Waals surface area contributed by atoms with Crippen molar-refractivity contribution < 1.29 is 18.8 Å². The number of amides is 3. The number of rotatable bonds is 8. The predicted molar refractivity (Wildman–Crippen MR) is 143 cm³/mol. The zero-order chi connectivity index (χ0) is 25.5. The number of carbonyl (C=O) groups is 3. The lowest BCUT2D eigenvalue weighted by atomic mass is 10.1. The summed E-state index contributed by atoms with van der Waals surface area (Å²) < 4.78 is 13.8. The van der Waals surface area contributed by atoms with Crippen molar-refractivity contribution in [1.29, 1.82) is 0 Å². The summed E-state index contributed by atoms with van der Waals surface area (Å²) in [5, 5.41) is 8.30. The Bertz CT molecular complexity index is 1240. The second kappa shape index (κ2) is 12.1. The van der Waals surface area contributed by atoms with Crippen LogP contribution in [0, 0.1) is 9.39 Å². The molecule has 0 spiro atoms. The monoisotopic (exact) mass is 604 g/mol. The van der Waals surface area contributed by atoms with Crippen LogP contribution in [0.1, 0.15) is 50.6 Å². The number of nitrogens with zero attached hydrogens (tertiary/aromatic N) is 2. The van der Waals surface area contributed by atoms with Gasteiger partial charge in [0.15, 0.2) is 5.69 Å². The van der Waals surface area contributed by atoms with Gasteiger partial charge in [-0.1, -0.05) is 6.42 Å². The number of H-pyrrole nitrogens is 1. The molecular formula is C25H26FIN6O3. The molecule has 0 bridgehead atoms. The Morgan fingerprint density at radius 3 is 2.28 bits per heavy atom. The first-order chi connectivity index (χ1) is 17.4. The molecule has 1 aromatic heterocycles. The lowest BCUT2D eigenvalue weighted by Gasteiger charge is -2.26. The van der Waals surface area contributed by atoms with Crippen LogP contribution in [-0.4, -0.2) is 58.8 Å². The van der Waals surface area contributed by atoms with Gasteiger partial charge >= 0.3 is 0 Å². The van der Waals surface area contributed by atoms with E-state index in [0.29, 0.717) is 27.1 Å². The fourth-order valence-electron chi connectivity index (χ4n) is 3.94. The van der Waals surface area contributed by atoms with Crippen molar-refractivity contribution >= 4 is 51.7 Å². The van der Waals surface area contributed by atoms with Crippen LogP contribution in [0.4, 0.5) is 15.8 Å². The molecule has 1 saturated heterocycles. The van der Waals surface area contributed by atoms with Crippen LogP contribution in [0.5, 0.6) is 0 Å². The number of aromatic nitrogens is 2. The van der Waals surface area contributed by atoms with Crippen LogP contribution >= 0.6 is 22.6 Å². The molecule has 1 aliphatic rings. The summed E-state index contributed by atoms with van der Waals surface area (Å²) in [6.45, 7) is 3.33. The molecule has 0 saturated carbocycles. The van der Waals surface area contributed by atoms with Gasteiger partial charge in [0.05, 0.1) is 11.9 Å². The van der Waals surface area contributed by atoms with E-state index >= 15 is 0 Å². The molecule has 188 valence electrons. The summed E-state index contributed by atoms with van der Waals surface area (Å²) in [7, 11) is 0. The third-order valence-corrected chi connectivity index (χ3v) is 6.71. The molecule has 4 N–H and O–H groups in total. The predicted octanol–water partition coefficient (Wildman–Crippen LogP) is 3.87. The third kappa shape index (κ3) is 6.66. The number of hydrogen-bond donors (Lipinski definition) is 4. The Hall–Kier alpha value is -3.32. The van der Waals surface area contributed by atoms with E-state index in [1.807, 2.05) is 22.6 Å². The van der Waals surface area contributed by atoms with E-state index in [1.54, 1.807) is 24.3 Å². The smallest absolute Gasteiger partial charge is 0.274 e. The van der Waals surface area contributed by atoms with Gasteiger partial charge in [-0.3, -0.25) is 14.4 Å². The Morgan fingerprint density at radius 2 is 1.61 bits per heavy atom. The van der Waals surface area contributed by atoms with Crippen molar-refractivity contribution in [2.24, 2.45) is 0 Å². The normalized spacial score (nSPS) is 13.7. The summed E-state index contributed by atoms with van der Waals surface area (Å²) >= 11 is 1.90. The molecule has 9 nitrogen and oxygen atoms in total. The lowest BCUT2D eigenvalue weighted by molar-refractivity contribution is 0.0929. The van der Waals surface area contributed by atoms with Gasteiger partial charge < -0.3 is 25.8 Å². The highest BCUT2D eigenvalue weighted by Crippen LogP contribution is 2.19. The maximum absolute atomic E-state index is 13.3. The van der Waals surface area contributed by atoms with Gasteiger partial charge in [-0.25, -0.2) is 9.37 Å². The second-order valence-electron chi connectivity index (χ2n) is 8.39. The van der Waals surface area contributed by atoms with Crippen LogP contribution in [0.25, 0.3) is 0 Å². The first-order valence-corrected chi connectivity index (χ1v) is 12.7. The summed E-state index contributed by atoms with van der Waals surface area (Å²) in [6, 6.07) is 10.4. The van der Waals surface area contributed by atoms with Gasteiger partial charge in [0.1, 0.15) is 11.5 Å². The number of aromatic amines is 1. The molecule has 4 rings (SSSR count). The van der Waals surface area contributed by atoms with Crippen molar-refractivity contribution in [2.75, 3.05) is 36.8 Å². The molecule has 0 radical (unpaired) electrons. The number of hydrogen-bond acceptors (Lipinski definition) is 5. The quantitative estimate of drug-likeness (QED) is 0.291. The maximum atomic E-state index is 13.3. The van der Waals surface area contributed by atoms with Gasteiger partial charge in [0.25, 0.3) is 17.7 Å². The molecule has 2 heterocycles. The maximum Gasteiger partial charge on any atom is 0.274 e. The minimum absolute atomic E-state index is 0.0314. The average molecular weight is 604 g/mol. The molecule has 11 heteroatoms. The highest BCUT2D eigenvalue weighted by atomic mass is 127. The molecule has 3 aromatic rings. The Morgan fingerprint density at radius 1 is 0.944 bits per heavy atom. The van der Waals surface area contributed by atoms with Crippen molar-refractivity contribution in [3.63, 3.8) is 0 Å². The summed E-state index contributed by atoms with van der Waals surface area (Å²) in [4.78, 5) is 46.9. The highest BCUT2D eigenvalue weighted by Gasteiger charge is 2.21. The number of benzene rings is 2. The van der Waals surface area contributed by atoms with Crippen molar-refractivity contribution in [2.45, 2.75) is 19.3 Å². The van der Waals surface area contributed by atoms with Crippen molar-refractivity contribution in [1.82, 2.24) is 20.2 Å². The van der Waals surface area contributed by atoms with E-state index in [2.05, 4.69) is 30.8 Å². The third-order valence-electron chi connectivity index (χ3n) is 5.82. The number of likely N-dealkylation sites (tertiary alicyclic amines) is 1. The van der Waals surface area contributed by atoms with Crippen LogP contribution in [-0.2, 0) is 0 Å². The van der Waals surface area contributed by atoms with Crippen molar-refractivity contribution in [3.8, 4) is 0 Å². The van der Waals surface area contributed by atoms with E-state index in [0.717, 1.165) is 19.6 Å². The summed E-state index contributed by atoms with van der Waals surface area (Å²) in [5.41, 5.74) is 1.43. The molecular weight excluding hydrogens is 578 g/mol.